The van der Waals surface area contributed by atoms with Gasteiger partial charge in [0.25, 0.3) is 8.32 Å². The van der Waals surface area contributed by atoms with E-state index in [-0.39, 0.29) is 5.04 Å². The molecule has 0 bridgehead atoms. The van der Waals surface area contributed by atoms with Gasteiger partial charge in [-0.1, -0.05) is 93.4 Å². The Morgan fingerprint density at radius 2 is 1.54 bits per heavy atom. The lowest BCUT2D eigenvalue weighted by molar-refractivity contribution is 0.230. The number of rotatable bonds is 5. The molecule has 0 amide bonds. The molecule has 1 atom stereocenters. The average Bonchev–Trinajstić information content (AvgIpc) is 2.64. The van der Waals surface area contributed by atoms with E-state index in [4.69, 9.17) is 4.43 Å². The Kier molecular flexibility index (Phi) is 6.28. The summed E-state index contributed by atoms with van der Waals surface area (Å²) >= 11 is 1.94. The van der Waals surface area contributed by atoms with E-state index in [1.165, 1.54) is 16.8 Å². The molecule has 4 heteroatoms. The summed E-state index contributed by atoms with van der Waals surface area (Å²) in [5, 5.41) is 2.81. The van der Waals surface area contributed by atoms with Gasteiger partial charge in [0.1, 0.15) is 0 Å². The standard InChI is InChI=1S/C22H31NOSSi/c1-22(2,3)26(20-11-7-5-8-12-20,21-13-9-6-10-14-21)24-17-19-15-16-23(4)25-18-19/h5-14,19H,15-18H2,1-4H3. The van der Waals surface area contributed by atoms with Crippen molar-refractivity contribution < 1.29 is 4.43 Å². The van der Waals surface area contributed by atoms with Crippen LogP contribution < -0.4 is 10.4 Å². The molecule has 3 rings (SSSR count). The van der Waals surface area contributed by atoms with E-state index in [2.05, 4.69) is 92.8 Å². The Morgan fingerprint density at radius 3 is 1.96 bits per heavy atom. The molecule has 26 heavy (non-hydrogen) atoms. The third-order valence-electron chi connectivity index (χ3n) is 5.34. The van der Waals surface area contributed by atoms with Crippen LogP contribution in [0, 0.1) is 5.92 Å². The van der Waals surface area contributed by atoms with Crippen LogP contribution in [-0.2, 0) is 4.43 Å². The Hall–Kier alpha value is -1.07. The quantitative estimate of drug-likeness (QED) is 0.566. The SMILES string of the molecule is CN1CCC(CO[Si](c2ccccc2)(c2ccccc2)C(C)(C)C)CS1. The van der Waals surface area contributed by atoms with Crippen LogP contribution in [0.15, 0.2) is 60.7 Å². The van der Waals surface area contributed by atoms with E-state index in [9.17, 15) is 0 Å². The van der Waals surface area contributed by atoms with Gasteiger partial charge in [-0.3, -0.25) is 4.31 Å². The van der Waals surface area contributed by atoms with Crippen molar-refractivity contribution in [1.29, 1.82) is 0 Å². The highest BCUT2D eigenvalue weighted by Crippen LogP contribution is 2.37. The summed E-state index contributed by atoms with van der Waals surface area (Å²) in [6.45, 7) is 9.06. The minimum Gasteiger partial charge on any atom is -0.407 e. The lowest BCUT2D eigenvalue weighted by atomic mass is 10.1. The summed E-state index contributed by atoms with van der Waals surface area (Å²) in [4.78, 5) is 0. The van der Waals surface area contributed by atoms with Gasteiger partial charge >= 0.3 is 0 Å². The Labute approximate surface area is 164 Å². The van der Waals surface area contributed by atoms with Crippen molar-refractivity contribution in [3.05, 3.63) is 60.7 Å². The van der Waals surface area contributed by atoms with Crippen molar-refractivity contribution >= 4 is 30.6 Å². The van der Waals surface area contributed by atoms with Crippen molar-refractivity contribution in [2.24, 2.45) is 5.92 Å². The zero-order valence-corrected chi connectivity index (χ0v) is 18.3. The van der Waals surface area contributed by atoms with Crippen LogP contribution in [0.3, 0.4) is 0 Å². The molecule has 2 nitrogen and oxygen atoms in total. The zero-order valence-electron chi connectivity index (χ0n) is 16.4. The molecule has 0 N–H and O–H groups in total. The van der Waals surface area contributed by atoms with E-state index in [1.54, 1.807) is 0 Å². The molecule has 1 aliphatic rings. The molecule has 2 aromatic carbocycles. The first kappa shape index (κ1) is 19.7. The maximum absolute atomic E-state index is 7.05. The van der Waals surface area contributed by atoms with E-state index in [0.717, 1.165) is 18.9 Å². The number of hydrogen-bond acceptors (Lipinski definition) is 3. The second-order valence-electron chi connectivity index (χ2n) is 8.28. The first-order chi connectivity index (χ1) is 12.4. The number of hydrogen-bond donors (Lipinski definition) is 0. The molecule has 0 aliphatic carbocycles. The molecule has 1 saturated heterocycles. The van der Waals surface area contributed by atoms with Gasteiger partial charge in [0.15, 0.2) is 0 Å². The monoisotopic (exact) mass is 385 g/mol. The lowest BCUT2D eigenvalue weighted by Crippen LogP contribution is -2.67. The van der Waals surface area contributed by atoms with Crippen LogP contribution in [-0.4, -0.2) is 38.6 Å². The van der Waals surface area contributed by atoms with Gasteiger partial charge in [-0.2, -0.15) is 0 Å². The molecular weight excluding hydrogens is 354 g/mol. The van der Waals surface area contributed by atoms with Crippen LogP contribution in [0.1, 0.15) is 27.2 Å². The fourth-order valence-corrected chi connectivity index (χ4v) is 9.48. The third kappa shape index (κ3) is 4.09. The van der Waals surface area contributed by atoms with Crippen LogP contribution in [0.2, 0.25) is 5.04 Å². The lowest BCUT2D eigenvalue weighted by Gasteiger charge is -2.44. The number of benzene rings is 2. The van der Waals surface area contributed by atoms with E-state index in [1.807, 2.05) is 11.9 Å². The van der Waals surface area contributed by atoms with Gasteiger partial charge < -0.3 is 4.43 Å². The van der Waals surface area contributed by atoms with Crippen LogP contribution in [0.5, 0.6) is 0 Å². The minimum atomic E-state index is -2.37. The predicted molar refractivity (Wildman–Crippen MR) is 117 cm³/mol. The van der Waals surface area contributed by atoms with Gasteiger partial charge in [-0.25, -0.2) is 0 Å². The van der Waals surface area contributed by atoms with Crippen LogP contribution in [0.25, 0.3) is 0 Å². The van der Waals surface area contributed by atoms with E-state index < -0.39 is 8.32 Å². The molecule has 1 heterocycles. The van der Waals surface area contributed by atoms with Gasteiger partial charge in [0.2, 0.25) is 0 Å². The summed E-state index contributed by atoms with van der Waals surface area (Å²) in [5.74, 6) is 1.80. The Balaban J connectivity index is 1.97. The average molecular weight is 386 g/mol. The summed E-state index contributed by atoms with van der Waals surface area (Å²) in [5.41, 5.74) is 0. The van der Waals surface area contributed by atoms with Gasteiger partial charge in [-0.05, 0) is 34.8 Å². The molecule has 0 radical (unpaired) electrons. The smallest absolute Gasteiger partial charge is 0.261 e. The van der Waals surface area contributed by atoms with Crippen molar-refractivity contribution in [3.8, 4) is 0 Å². The molecule has 0 aromatic heterocycles. The highest BCUT2D eigenvalue weighted by Gasteiger charge is 2.50. The summed E-state index contributed by atoms with van der Waals surface area (Å²) in [6, 6.07) is 21.9. The fourth-order valence-electron chi connectivity index (χ4n) is 3.88. The first-order valence-electron chi connectivity index (χ1n) is 9.52. The molecule has 0 saturated carbocycles. The van der Waals surface area contributed by atoms with Crippen molar-refractivity contribution in [2.45, 2.75) is 32.2 Å². The van der Waals surface area contributed by atoms with E-state index >= 15 is 0 Å². The predicted octanol–water partition coefficient (Wildman–Crippen LogP) is 4.16. The van der Waals surface area contributed by atoms with Gasteiger partial charge in [0, 0.05) is 18.9 Å². The normalized spacial score (nSPS) is 19.5. The molecule has 140 valence electrons. The van der Waals surface area contributed by atoms with Crippen LogP contribution in [0.4, 0.5) is 0 Å². The second kappa shape index (κ2) is 8.30. The van der Waals surface area contributed by atoms with Crippen molar-refractivity contribution in [1.82, 2.24) is 4.31 Å². The van der Waals surface area contributed by atoms with Crippen LogP contribution >= 0.6 is 11.9 Å². The summed E-state index contributed by atoms with van der Waals surface area (Å²) < 4.78 is 9.39. The molecule has 1 fully saturated rings. The summed E-state index contributed by atoms with van der Waals surface area (Å²) in [7, 11) is -0.189. The molecule has 2 aromatic rings. The molecule has 1 aliphatic heterocycles. The minimum absolute atomic E-state index is 0.0638. The zero-order chi connectivity index (χ0) is 18.6. The largest absolute Gasteiger partial charge is 0.407 e. The maximum atomic E-state index is 7.05. The third-order valence-corrected chi connectivity index (χ3v) is 11.6. The second-order valence-corrected chi connectivity index (χ2v) is 13.8. The molecule has 0 spiro atoms. The molecule has 1 unspecified atom stereocenters. The number of nitrogens with zero attached hydrogens (tertiary/aromatic N) is 1. The first-order valence-corrected chi connectivity index (χ1v) is 12.4. The Bertz CT molecular complexity index is 639. The fraction of sp³-hybridized carbons (Fsp3) is 0.455. The highest BCUT2D eigenvalue weighted by molar-refractivity contribution is 7.97. The summed E-state index contributed by atoms with van der Waals surface area (Å²) in [6.07, 6.45) is 1.22. The molecular formula is C22H31NOSSi. The highest BCUT2D eigenvalue weighted by atomic mass is 32.2. The topological polar surface area (TPSA) is 12.5 Å². The maximum Gasteiger partial charge on any atom is 0.261 e. The Morgan fingerprint density at radius 1 is 1.00 bits per heavy atom. The van der Waals surface area contributed by atoms with E-state index in [0.29, 0.717) is 5.92 Å². The van der Waals surface area contributed by atoms with Gasteiger partial charge in [0.05, 0.1) is 0 Å². The van der Waals surface area contributed by atoms with Gasteiger partial charge in [-0.15, -0.1) is 0 Å². The van der Waals surface area contributed by atoms with Crippen molar-refractivity contribution in [2.75, 3.05) is 26.0 Å². The van der Waals surface area contributed by atoms with Crippen molar-refractivity contribution in [3.63, 3.8) is 0 Å².